The van der Waals surface area contributed by atoms with E-state index in [0.717, 1.165) is 12.1 Å². The van der Waals surface area contributed by atoms with Gasteiger partial charge in [0.05, 0.1) is 12.7 Å². The van der Waals surface area contributed by atoms with Crippen molar-refractivity contribution in [3.8, 4) is 17.2 Å². The Morgan fingerprint density at radius 2 is 1.60 bits per heavy atom. The molecule has 0 unspecified atom stereocenters. The summed E-state index contributed by atoms with van der Waals surface area (Å²) in [6, 6.07) is 10.9. The molecule has 0 saturated carbocycles. The predicted molar refractivity (Wildman–Crippen MR) is 151 cm³/mol. The van der Waals surface area contributed by atoms with Crippen molar-refractivity contribution in [2.75, 3.05) is 6.61 Å². The van der Waals surface area contributed by atoms with Crippen molar-refractivity contribution in [3.63, 3.8) is 0 Å². The number of benzene rings is 2. The lowest BCUT2D eigenvalue weighted by Crippen LogP contribution is -2.62. The number of carbonyl (C=O) groups excluding carboxylic acids is 1. The zero-order valence-corrected chi connectivity index (χ0v) is 23.7. The van der Waals surface area contributed by atoms with Crippen molar-refractivity contribution < 1.29 is 68.6 Å². The van der Waals surface area contributed by atoms with Gasteiger partial charge in [0.15, 0.2) is 30.0 Å². The Labute approximate surface area is 254 Å². The van der Waals surface area contributed by atoms with E-state index < -0.39 is 85.4 Å². The maximum absolute atomic E-state index is 12.7. The number of hydrogen-bond donors (Lipinski definition) is 7. The lowest BCUT2D eigenvalue weighted by atomic mass is 9.98. The Morgan fingerprint density at radius 3 is 2.33 bits per heavy atom. The van der Waals surface area contributed by atoms with Crippen molar-refractivity contribution in [1.29, 1.82) is 0 Å². The van der Waals surface area contributed by atoms with E-state index in [4.69, 9.17) is 28.1 Å². The van der Waals surface area contributed by atoms with Gasteiger partial charge in [0.1, 0.15) is 41.9 Å². The molecule has 0 spiro atoms. The molecule has 1 aromatic heterocycles. The summed E-state index contributed by atoms with van der Waals surface area (Å²) in [6.07, 6.45) is -13.0. The average Bonchev–Trinajstić information content (AvgIpc) is 3.01. The first-order valence-corrected chi connectivity index (χ1v) is 13.9. The van der Waals surface area contributed by atoms with Gasteiger partial charge in [-0.1, -0.05) is 12.1 Å². The minimum Gasteiger partial charge on any atom is -0.508 e. The molecule has 10 atom stereocenters. The molecule has 3 heterocycles. The van der Waals surface area contributed by atoms with Crippen LogP contribution in [-0.2, 0) is 23.7 Å². The second-order valence-corrected chi connectivity index (χ2v) is 10.6. The number of phenolic OH excluding ortho intramolecular Hbond substituents is 2. The molecule has 2 saturated heterocycles. The summed E-state index contributed by atoms with van der Waals surface area (Å²) in [5.74, 6) is -1.66. The summed E-state index contributed by atoms with van der Waals surface area (Å²) in [5.41, 5.74) is -0.0858. The number of esters is 1. The normalized spacial score (nSPS) is 32.0. The fraction of sp³-hybridized carbons (Fsp3) is 0.400. The molecule has 242 valence electrons. The van der Waals surface area contributed by atoms with Gasteiger partial charge >= 0.3 is 11.6 Å². The zero-order valence-electron chi connectivity index (χ0n) is 23.7. The van der Waals surface area contributed by atoms with Crippen LogP contribution in [0.2, 0.25) is 0 Å². The van der Waals surface area contributed by atoms with Gasteiger partial charge in [-0.3, -0.25) is 0 Å². The van der Waals surface area contributed by atoms with Gasteiger partial charge in [0, 0.05) is 23.6 Å². The molecule has 2 aromatic carbocycles. The van der Waals surface area contributed by atoms with Crippen LogP contribution in [0.5, 0.6) is 17.2 Å². The molecule has 0 amide bonds. The lowest BCUT2D eigenvalue weighted by Gasteiger charge is -2.43. The number of hydrogen-bond acceptors (Lipinski definition) is 15. The molecule has 15 nitrogen and oxygen atoms in total. The highest BCUT2D eigenvalue weighted by Crippen LogP contribution is 2.35. The summed E-state index contributed by atoms with van der Waals surface area (Å²) >= 11 is 0. The molecule has 5 rings (SSSR count). The van der Waals surface area contributed by atoms with Crippen LogP contribution in [0.1, 0.15) is 12.5 Å². The summed E-state index contributed by atoms with van der Waals surface area (Å²) in [6.45, 7) is 0.891. The van der Waals surface area contributed by atoms with Crippen LogP contribution in [0.4, 0.5) is 0 Å². The second kappa shape index (κ2) is 13.5. The first kappa shape index (κ1) is 32.3. The molecule has 3 aromatic rings. The van der Waals surface area contributed by atoms with Crippen LogP contribution in [-0.4, -0.2) is 110 Å². The third-order valence-corrected chi connectivity index (χ3v) is 7.38. The highest BCUT2D eigenvalue weighted by Gasteiger charge is 2.49. The largest absolute Gasteiger partial charge is 0.508 e. The van der Waals surface area contributed by atoms with Crippen molar-refractivity contribution in [2.45, 2.75) is 68.3 Å². The number of aliphatic hydroxyl groups excluding tert-OH is 5. The van der Waals surface area contributed by atoms with Crippen LogP contribution in [0.3, 0.4) is 0 Å². The first-order chi connectivity index (χ1) is 21.4. The Morgan fingerprint density at radius 1 is 0.867 bits per heavy atom. The number of aromatic hydroxyl groups is 2. The maximum atomic E-state index is 12.7. The van der Waals surface area contributed by atoms with Gasteiger partial charge in [-0.05, 0) is 42.8 Å². The zero-order chi connectivity index (χ0) is 32.4. The molecular formula is C30H32O15. The van der Waals surface area contributed by atoms with Crippen LogP contribution in [0.25, 0.3) is 17.0 Å². The van der Waals surface area contributed by atoms with E-state index in [2.05, 4.69) is 0 Å². The lowest BCUT2D eigenvalue weighted by molar-refractivity contribution is -0.319. The molecule has 2 aliphatic heterocycles. The quantitative estimate of drug-likeness (QED) is 0.0942. The summed E-state index contributed by atoms with van der Waals surface area (Å²) in [5, 5.41) is 72.9. The summed E-state index contributed by atoms with van der Waals surface area (Å²) < 4.78 is 32.9. The van der Waals surface area contributed by atoms with Gasteiger partial charge in [0.2, 0.25) is 6.29 Å². The molecule has 7 N–H and O–H groups in total. The second-order valence-electron chi connectivity index (χ2n) is 10.6. The van der Waals surface area contributed by atoms with Crippen molar-refractivity contribution in [1.82, 2.24) is 0 Å². The Hall–Kier alpha value is -4.06. The molecule has 0 aliphatic carbocycles. The van der Waals surface area contributed by atoms with Gasteiger partial charge in [0.25, 0.3) is 0 Å². The standard InChI is InChI=1S/C30H32O15/c1-13-23(35)25(37)26(38)29(41-13)40-12-20-24(36)28(45-22(34)8-4-14-2-6-16(31)7-3-14)27(39)30(44-20)43-19-11-18-15(10-17(19)32)5-9-21(33)42-18/h2-11,13,20,23-32,35-39H,12H2,1H3/t13-,20-,23-,24-,25+,26+,27-,28+,29+,30-/m1/s1. The van der Waals surface area contributed by atoms with Crippen LogP contribution >= 0.6 is 0 Å². The van der Waals surface area contributed by atoms with E-state index >= 15 is 0 Å². The van der Waals surface area contributed by atoms with Gasteiger partial charge < -0.3 is 63.8 Å². The number of ether oxygens (including phenoxy) is 5. The SMILES string of the molecule is C[C@H]1O[C@H](OC[C@H]2O[C@@H](Oc3cc4oc(=O)ccc4cc3O)[C@H](O)[C@@H](OC(=O)C=Cc3ccc(O)cc3)[C@@H]2O)[C@@H](O)[C@@H](O)[C@@H]1O. The number of fused-ring (bicyclic) bond motifs is 1. The highest BCUT2D eigenvalue weighted by molar-refractivity contribution is 5.87. The Bertz CT molecular complexity index is 1570. The molecule has 15 heteroatoms. The van der Waals surface area contributed by atoms with Gasteiger partial charge in [-0.25, -0.2) is 9.59 Å². The van der Waals surface area contributed by atoms with E-state index in [9.17, 15) is 45.3 Å². The molecule has 2 fully saturated rings. The monoisotopic (exact) mass is 632 g/mol. The molecule has 45 heavy (non-hydrogen) atoms. The number of phenols is 2. The van der Waals surface area contributed by atoms with Crippen LogP contribution < -0.4 is 10.4 Å². The van der Waals surface area contributed by atoms with E-state index in [1.807, 2.05) is 0 Å². The smallest absolute Gasteiger partial charge is 0.336 e. The topological polar surface area (TPSA) is 235 Å². The summed E-state index contributed by atoms with van der Waals surface area (Å²) in [4.78, 5) is 24.4. The molecule has 0 bridgehead atoms. The minimum atomic E-state index is -1.84. The van der Waals surface area contributed by atoms with Gasteiger partial charge in [-0.15, -0.1) is 0 Å². The number of aliphatic hydroxyl groups is 5. The molecule has 0 radical (unpaired) electrons. The number of rotatable bonds is 8. The minimum absolute atomic E-state index is 0.0216. The van der Waals surface area contributed by atoms with Crippen molar-refractivity contribution in [3.05, 3.63) is 70.6 Å². The van der Waals surface area contributed by atoms with E-state index in [1.165, 1.54) is 55.5 Å². The summed E-state index contributed by atoms with van der Waals surface area (Å²) in [7, 11) is 0. The Balaban J connectivity index is 1.37. The predicted octanol–water partition coefficient (Wildman–Crippen LogP) is -0.501. The third kappa shape index (κ3) is 7.27. The van der Waals surface area contributed by atoms with Crippen LogP contribution in [0, 0.1) is 0 Å². The maximum Gasteiger partial charge on any atom is 0.336 e. The van der Waals surface area contributed by atoms with E-state index in [0.29, 0.717) is 10.9 Å². The molecular weight excluding hydrogens is 600 g/mol. The number of carbonyl (C=O) groups is 1. The fourth-order valence-electron chi connectivity index (χ4n) is 4.84. The average molecular weight is 633 g/mol. The van der Waals surface area contributed by atoms with Crippen LogP contribution in [0.15, 0.2) is 63.8 Å². The fourth-order valence-corrected chi connectivity index (χ4v) is 4.84. The van der Waals surface area contributed by atoms with E-state index in [1.54, 1.807) is 0 Å². The van der Waals surface area contributed by atoms with Crippen molar-refractivity contribution in [2.24, 2.45) is 0 Å². The Kier molecular flexibility index (Phi) is 9.71. The van der Waals surface area contributed by atoms with E-state index in [-0.39, 0.29) is 17.1 Å². The van der Waals surface area contributed by atoms with Crippen molar-refractivity contribution >= 4 is 23.0 Å². The molecule has 2 aliphatic rings. The third-order valence-electron chi connectivity index (χ3n) is 7.38. The van der Waals surface area contributed by atoms with Gasteiger partial charge in [-0.2, -0.15) is 0 Å². The highest BCUT2D eigenvalue weighted by atomic mass is 16.7. The first-order valence-electron chi connectivity index (χ1n) is 13.9.